The van der Waals surface area contributed by atoms with E-state index in [4.69, 9.17) is 0 Å². The molecule has 0 heterocycles. The summed E-state index contributed by atoms with van der Waals surface area (Å²) in [4.78, 5) is 22.8. The lowest BCUT2D eigenvalue weighted by molar-refractivity contribution is -0.137. The summed E-state index contributed by atoms with van der Waals surface area (Å²) in [5, 5.41) is 0. The van der Waals surface area contributed by atoms with Gasteiger partial charge in [0.15, 0.2) is 5.78 Å². The van der Waals surface area contributed by atoms with E-state index in [2.05, 4.69) is 0 Å². The summed E-state index contributed by atoms with van der Waals surface area (Å²) in [6.45, 7) is 0. The van der Waals surface area contributed by atoms with Crippen LogP contribution in [0.3, 0.4) is 0 Å². The van der Waals surface area contributed by atoms with Gasteiger partial charge < -0.3 is 0 Å². The summed E-state index contributed by atoms with van der Waals surface area (Å²) in [6.07, 6.45) is 2.86. The highest BCUT2D eigenvalue weighted by molar-refractivity contribution is 6.38. The van der Waals surface area contributed by atoms with Gasteiger partial charge >= 0.3 is 0 Å². The fourth-order valence-electron chi connectivity index (χ4n) is 1.60. The Kier molecular flexibility index (Phi) is 2.95. The lowest BCUT2D eigenvalue weighted by atomic mass is 10.0. The number of rotatable bonds is 5. The Bertz CT molecular complexity index is 363. The number of aryl methyl sites for hydroxylation is 1. The molecular weight excluding hydrogens is 188 g/mol. The first-order valence-electron chi connectivity index (χ1n) is 5.38. The molecule has 1 saturated carbocycles. The maximum atomic E-state index is 11.4. The third-order valence-corrected chi connectivity index (χ3v) is 2.71. The summed E-state index contributed by atoms with van der Waals surface area (Å²) in [5.74, 6) is -0.277. The monoisotopic (exact) mass is 202 g/mol. The van der Waals surface area contributed by atoms with E-state index in [0.29, 0.717) is 12.8 Å². The molecular formula is C13H14O2. The first kappa shape index (κ1) is 10.1. The molecule has 0 atom stereocenters. The Morgan fingerprint density at radius 1 is 1.13 bits per heavy atom. The van der Waals surface area contributed by atoms with Gasteiger partial charge in [0.25, 0.3) is 0 Å². The van der Waals surface area contributed by atoms with Crippen LogP contribution in [0.25, 0.3) is 0 Å². The van der Waals surface area contributed by atoms with Gasteiger partial charge in [-0.1, -0.05) is 30.3 Å². The lowest BCUT2D eigenvalue weighted by Crippen LogP contribution is -2.16. The molecule has 1 aromatic rings. The number of hydrogen-bond acceptors (Lipinski definition) is 2. The molecule has 0 bridgehead atoms. The van der Waals surface area contributed by atoms with Gasteiger partial charge in [0.05, 0.1) is 0 Å². The van der Waals surface area contributed by atoms with E-state index in [1.165, 1.54) is 0 Å². The fourth-order valence-corrected chi connectivity index (χ4v) is 1.60. The predicted octanol–water partition coefficient (Wildman–Crippen LogP) is 2.17. The van der Waals surface area contributed by atoms with Gasteiger partial charge in [0.1, 0.15) is 0 Å². The van der Waals surface area contributed by atoms with Crippen LogP contribution in [-0.2, 0) is 16.0 Å². The molecule has 0 N–H and O–H groups in total. The van der Waals surface area contributed by atoms with Crippen LogP contribution in [0.1, 0.15) is 24.8 Å². The summed E-state index contributed by atoms with van der Waals surface area (Å²) in [6, 6.07) is 9.80. The topological polar surface area (TPSA) is 34.1 Å². The maximum Gasteiger partial charge on any atom is 0.201 e. The number of Topliss-reactive ketones (excluding diaryl/α,β-unsaturated/α-hetero) is 2. The minimum atomic E-state index is -0.193. The van der Waals surface area contributed by atoms with Gasteiger partial charge in [-0.05, 0) is 24.8 Å². The van der Waals surface area contributed by atoms with Gasteiger partial charge in [-0.3, -0.25) is 9.59 Å². The highest BCUT2D eigenvalue weighted by Crippen LogP contribution is 2.30. The molecule has 1 aliphatic rings. The second-order valence-electron chi connectivity index (χ2n) is 4.05. The number of hydrogen-bond donors (Lipinski definition) is 0. The molecule has 15 heavy (non-hydrogen) atoms. The predicted molar refractivity (Wildman–Crippen MR) is 57.5 cm³/mol. The van der Waals surface area contributed by atoms with E-state index in [-0.39, 0.29) is 17.5 Å². The SMILES string of the molecule is O=C(CCc1ccccc1)C(=O)C1CC1. The van der Waals surface area contributed by atoms with Gasteiger partial charge in [-0.2, -0.15) is 0 Å². The number of carbonyl (C=O) groups excluding carboxylic acids is 2. The van der Waals surface area contributed by atoms with E-state index < -0.39 is 0 Å². The van der Waals surface area contributed by atoms with Crippen LogP contribution in [0.15, 0.2) is 30.3 Å². The Morgan fingerprint density at radius 3 is 2.40 bits per heavy atom. The van der Waals surface area contributed by atoms with E-state index in [0.717, 1.165) is 18.4 Å². The number of ketones is 2. The molecule has 1 aliphatic carbocycles. The van der Waals surface area contributed by atoms with Crippen molar-refractivity contribution < 1.29 is 9.59 Å². The average molecular weight is 202 g/mol. The minimum absolute atomic E-state index is 0.0632. The fraction of sp³-hybridized carbons (Fsp3) is 0.385. The molecule has 0 saturated heterocycles. The zero-order chi connectivity index (χ0) is 10.7. The smallest absolute Gasteiger partial charge is 0.201 e. The quantitative estimate of drug-likeness (QED) is 0.686. The summed E-state index contributed by atoms with van der Waals surface area (Å²) in [5.41, 5.74) is 1.12. The molecule has 0 aliphatic heterocycles. The summed E-state index contributed by atoms with van der Waals surface area (Å²) < 4.78 is 0. The molecule has 0 aromatic heterocycles. The molecule has 1 fully saturated rings. The van der Waals surface area contributed by atoms with E-state index >= 15 is 0 Å². The molecule has 0 amide bonds. The van der Waals surface area contributed by atoms with Crippen LogP contribution in [0.2, 0.25) is 0 Å². The first-order valence-corrected chi connectivity index (χ1v) is 5.38. The van der Waals surface area contributed by atoms with Gasteiger partial charge in [0, 0.05) is 12.3 Å². The zero-order valence-electron chi connectivity index (χ0n) is 8.61. The Morgan fingerprint density at radius 2 is 1.80 bits per heavy atom. The van der Waals surface area contributed by atoms with Crippen molar-refractivity contribution in [3.63, 3.8) is 0 Å². The Balaban J connectivity index is 1.83. The Labute approximate surface area is 89.3 Å². The van der Waals surface area contributed by atoms with Crippen molar-refractivity contribution >= 4 is 11.6 Å². The molecule has 2 rings (SSSR count). The van der Waals surface area contributed by atoms with Crippen LogP contribution in [0.5, 0.6) is 0 Å². The minimum Gasteiger partial charge on any atom is -0.291 e. The third kappa shape index (κ3) is 2.75. The summed E-state index contributed by atoms with van der Waals surface area (Å²) >= 11 is 0. The van der Waals surface area contributed by atoms with Crippen molar-refractivity contribution in [2.24, 2.45) is 5.92 Å². The van der Waals surface area contributed by atoms with Crippen LogP contribution in [0, 0.1) is 5.92 Å². The highest BCUT2D eigenvalue weighted by atomic mass is 16.2. The van der Waals surface area contributed by atoms with Crippen molar-refractivity contribution in [3.05, 3.63) is 35.9 Å². The van der Waals surface area contributed by atoms with Crippen molar-refractivity contribution in [1.29, 1.82) is 0 Å². The van der Waals surface area contributed by atoms with Crippen molar-refractivity contribution in [2.45, 2.75) is 25.7 Å². The number of benzene rings is 1. The zero-order valence-corrected chi connectivity index (χ0v) is 8.61. The molecule has 0 unspecified atom stereocenters. The van der Waals surface area contributed by atoms with Crippen molar-refractivity contribution in [3.8, 4) is 0 Å². The normalized spacial score (nSPS) is 14.9. The molecule has 78 valence electrons. The van der Waals surface area contributed by atoms with Crippen LogP contribution >= 0.6 is 0 Å². The molecule has 0 spiro atoms. The van der Waals surface area contributed by atoms with Gasteiger partial charge in [-0.25, -0.2) is 0 Å². The van der Waals surface area contributed by atoms with Gasteiger partial charge in [0.2, 0.25) is 5.78 Å². The van der Waals surface area contributed by atoms with Gasteiger partial charge in [-0.15, -0.1) is 0 Å². The highest BCUT2D eigenvalue weighted by Gasteiger charge is 2.33. The van der Waals surface area contributed by atoms with E-state index in [9.17, 15) is 9.59 Å². The first-order chi connectivity index (χ1) is 7.27. The molecule has 2 heteroatoms. The molecule has 1 aromatic carbocycles. The van der Waals surface area contributed by atoms with Crippen LogP contribution < -0.4 is 0 Å². The third-order valence-electron chi connectivity index (χ3n) is 2.71. The molecule has 2 nitrogen and oxygen atoms in total. The lowest BCUT2D eigenvalue weighted by Gasteiger charge is -1.99. The average Bonchev–Trinajstić information content (AvgIpc) is 3.10. The molecule has 0 radical (unpaired) electrons. The number of carbonyl (C=O) groups is 2. The largest absolute Gasteiger partial charge is 0.291 e. The van der Waals surface area contributed by atoms with Crippen molar-refractivity contribution in [1.82, 2.24) is 0 Å². The van der Waals surface area contributed by atoms with Crippen molar-refractivity contribution in [2.75, 3.05) is 0 Å². The standard InChI is InChI=1S/C13H14O2/c14-12(13(15)11-7-8-11)9-6-10-4-2-1-3-5-10/h1-5,11H,6-9H2. The van der Waals surface area contributed by atoms with E-state index in [1.54, 1.807) is 0 Å². The Hall–Kier alpha value is -1.44. The maximum absolute atomic E-state index is 11.4. The van der Waals surface area contributed by atoms with Crippen LogP contribution in [-0.4, -0.2) is 11.6 Å². The second-order valence-corrected chi connectivity index (χ2v) is 4.05. The summed E-state index contributed by atoms with van der Waals surface area (Å²) in [7, 11) is 0. The second kappa shape index (κ2) is 4.39. The van der Waals surface area contributed by atoms with Crippen LogP contribution in [0.4, 0.5) is 0 Å². The van der Waals surface area contributed by atoms with E-state index in [1.807, 2.05) is 30.3 Å².